The predicted octanol–water partition coefficient (Wildman–Crippen LogP) is 4.49. The zero-order chi connectivity index (χ0) is 16.9. The molecule has 6 heteroatoms. The van der Waals surface area contributed by atoms with Crippen LogP contribution in [0.3, 0.4) is 0 Å². The van der Waals surface area contributed by atoms with Gasteiger partial charge in [0.1, 0.15) is 11.6 Å². The van der Waals surface area contributed by atoms with Crippen LogP contribution < -0.4 is 10.1 Å². The van der Waals surface area contributed by atoms with E-state index in [0.29, 0.717) is 6.54 Å². The Balaban J connectivity index is 0.00000225. The Labute approximate surface area is 162 Å². The zero-order valence-corrected chi connectivity index (χ0v) is 16.5. The van der Waals surface area contributed by atoms with Gasteiger partial charge < -0.3 is 9.30 Å². The Morgan fingerprint density at radius 3 is 2.60 bits per heavy atom. The highest BCUT2D eigenvalue weighted by molar-refractivity contribution is 9.10. The minimum absolute atomic E-state index is 0. The van der Waals surface area contributed by atoms with Crippen LogP contribution in [0.5, 0.6) is 5.75 Å². The van der Waals surface area contributed by atoms with Gasteiger partial charge in [-0.15, -0.1) is 12.4 Å². The van der Waals surface area contributed by atoms with E-state index in [-0.39, 0.29) is 18.4 Å². The zero-order valence-electron chi connectivity index (χ0n) is 14.1. The molecule has 0 radical (unpaired) electrons. The van der Waals surface area contributed by atoms with Crippen molar-refractivity contribution in [1.82, 2.24) is 14.9 Å². The molecule has 0 saturated carbocycles. The number of nitrogens with zero attached hydrogens (tertiary/aromatic N) is 2. The third-order valence-corrected chi connectivity index (χ3v) is 4.48. The van der Waals surface area contributed by atoms with E-state index in [1.807, 2.05) is 54.3 Å². The molecule has 4 nitrogen and oxygen atoms in total. The molecule has 0 bridgehead atoms. The predicted molar refractivity (Wildman–Crippen MR) is 106 cm³/mol. The SMILES string of the molecule is COc1ccc(Br)cc1CNC(c1ccccc1)c1nccn1C.Cl. The molecule has 25 heavy (non-hydrogen) atoms. The van der Waals surface area contributed by atoms with Crippen LogP contribution in [0.2, 0.25) is 0 Å². The molecule has 1 N–H and O–H groups in total. The monoisotopic (exact) mass is 421 g/mol. The number of aromatic nitrogens is 2. The van der Waals surface area contributed by atoms with Gasteiger partial charge in [0.2, 0.25) is 0 Å². The Bertz CT molecular complexity index is 807. The first kappa shape index (κ1) is 19.5. The molecule has 1 heterocycles. The minimum Gasteiger partial charge on any atom is -0.496 e. The molecule has 132 valence electrons. The average Bonchev–Trinajstić information content (AvgIpc) is 3.02. The molecule has 0 aliphatic carbocycles. The number of nitrogens with one attached hydrogen (secondary N) is 1. The second-order valence-corrected chi connectivity index (χ2v) is 6.49. The molecule has 0 aliphatic heterocycles. The van der Waals surface area contributed by atoms with E-state index < -0.39 is 0 Å². The average molecular weight is 423 g/mol. The first-order chi connectivity index (χ1) is 11.7. The van der Waals surface area contributed by atoms with Crippen LogP contribution in [0.15, 0.2) is 65.4 Å². The fraction of sp³-hybridized carbons (Fsp3) is 0.211. The number of benzene rings is 2. The van der Waals surface area contributed by atoms with E-state index in [0.717, 1.165) is 21.6 Å². The van der Waals surface area contributed by atoms with Gasteiger partial charge in [0.25, 0.3) is 0 Å². The van der Waals surface area contributed by atoms with E-state index in [2.05, 4.69) is 44.4 Å². The minimum atomic E-state index is 0. The lowest BCUT2D eigenvalue weighted by molar-refractivity contribution is 0.406. The summed E-state index contributed by atoms with van der Waals surface area (Å²) in [6.07, 6.45) is 3.79. The third-order valence-electron chi connectivity index (χ3n) is 3.99. The summed E-state index contributed by atoms with van der Waals surface area (Å²) in [5, 5.41) is 3.61. The fourth-order valence-electron chi connectivity index (χ4n) is 2.76. The molecule has 1 aromatic heterocycles. The Hall–Kier alpha value is -1.82. The summed E-state index contributed by atoms with van der Waals surface area (Å²) in [6.45, 7) is 0.676. The highest BCUT2D eigenvalue weighted by Crippen LogP contribution is 2.25. The highest BCUT2D eigenvalue weighted by atomic mass is 79.9. The first-order valence-corrected chi connectivity index (χ1v) is 8.56. The van der Waals surface area contributed by atoms with E-state index >= 15 is 0 Å². The van der Waals surface area contributed by atoms with Crippen LogP contribution in [0.4, 0.5) is 0 Å². The van der Waals surface area contributed by atoms with Crippen molar-refractivity contribution in [3.8, 4) is 5.75 Å². The van der Waals surface area contributed by atoms with Crippen molar-refractivity contribution >= 4 is 28.3 Å². The summed E-state index contributed by atoms with van der Waals surface area (Å²) in [5.41, 5.74) is 2.28. The van der Waals surface area contributed by atoms with Crippen molar-refractivity contribution in [2.24, 2.45) is 7.05 Å². The molecule has 1 unspecified atom stereocenters. The molecule has 3 aromatic rings. The maximum absolute atomic E-state index is 5.47. The first-order valence-electron chi connectivity index (χ1n) is 7.77. The standard InChI is InChI=1S/C19H20BrN3O.ClH/c1-23-11-10-21-19(23)18(14-6-4-3-5-7-14)22-13-15-12-16(20)8-9-17(15)24-2;/h3-12,18,22H,13H2,1-2H3;1H. The topological polar surface area (TPSA) is 39.1 Å². The molecule has 0 amide bonds. The summed E-state index contributed by atoms with van der Waals surface area (Å²) in [7, 11) is 3.71. The lowest BCUT2D eigenvalue weighted by Crippen LogP contribution is -2.25. The maximum Gasteiger partial charge on any atom is 0.130 e. The van der Waals surface area contributed by atoms with Crippen molar-refractivity contribution in [2.45, 2.75) is 12.6 Å². The van der Waals surface area contributed by atoms with Crippen LogP contribution in [-0.2, 0) is 13.6 Å². The van der Waals surface area contributed by atoms with Crippen molar-refractivity contribution < 1.29 is 4.74 Å². The van der Waals surface area contributed by atoms with Gasteiger partial charge in [0.05, 0.1) is 13.2 Å². The smallest absolute Gasteiger partial charge is 0.130 e. The second kappa shape index (κ2) is 9.04. The van der Waals surface area contributed by atoms with Crippen LogP contribution in [-0.4, -0.2) is 16.7 Å². The molecule has 2 aromatic carbocycles. The third kappa shape index (κ3) is 4.63. The van der Waals surface area contributed by atoms with Gasteiger partial charge in [-0.05, 0) is 23.8 Å². The molecular formula is C19H21BrClN3O. The quantitative estimate of drug-likeness (QED) is 0.636. The van der Waals surface area contributed by atoms with Gasteiger partial charge in [-0.25, -0.2) is 4.98 Å². The summed E-state index contributed by atoms with van der Waals surface area (Å²) < 4.78 is 8.55. The van der Waals surface area contributed by atoms with Gasteiger partial charge in [-0.3, -0.25) is 5.32 Å². The number of hydrogen-bond acceptors (Lipinski definition) is 3. The van der Waals surface area contributed by atoms with Crippen LogP contribution in [0, 0.1) is 0 Å². The number of aryl methyl sites for hydroxylation is 1. The van der Waals surface area contributed by atoms with Crippen LogP contribution in [0.25, 0.3) is 0 Å². The number of methoxy groups -OCH3 is 1. The number of halogens is 2. The lowest BCUT2D eigenvalue weighted by atomic mass is 10.1. The normalized spacial score (nSPS) is 11.6. The summed E-state index contributed by atoms with van der Waals surface area (Å²) in [4.78, 5) is 4.52. The highest BCUT2D eigenvalue weighted by Gasteiger charge is 2.18. The Morgan fingerprint density at radius 1 is 1.20 bits per heavy atom. The van der Waals surface area contributed by atoms with Gasteiger partial charge >= 0.3 is 0 Å². The largest absolute Gasteiger partial charge is 0.496 e. The number of ether oxygens (including phenoxy) is 1. The number of imidazole rings is 1. The van der Waals surface area contributed by atoms with Crippen molar-refractivity contribution in [2.75, 3.05) is 7.11 Å². The van der Waals surface area contributed by atoms with Crippen molar-refractivity contribution in [3.63, 3.8) is 0 Å². The van der Waals surface area contributed by atoms with E-state index in [4.69, 9.17) is 4.74 Å². The van der Waals surface area contributed by atoms with Crippen LogP contribution in [0.1, 0.15) is 23.0 Å². The maximum atomic E-state index is 5.47. The Morgan fingerprint density at radius 2 is 1.96 bits per heavy atom. The van der Waals surface area contributed by atoms with E-state index in [1.165, 1.54) is 5.56 Å². The summed E-state index contributed by atoms with van der Waals surface area (Å²) >= 11 is 3.53. The molecule has 0 saturated heterocycles. The van der Waals surface area contributed by atoms with E-state index in [1.54, 1.807) is 7.11 Å². The molecule has 1 atom stereocenters. The van der Waals surface area contributed by atoms with Gasteiger partial charge in [0.15, 0.2) is 0 Å². The molecule has 0 aliphatic rings. The van der Waals surface area contributed by atoms with Gasteiger partial charge in [-0.1, -0.05) is 46.3 Å². The number of rotatable bonds is 6. The number of hydrogen-bond donors (Lipinski definition) is 1. The molecule has 0 fully saturated rings. The lowest BCUT2D eigenvalue weighted by Gasteiger charge is -2.20. The molecule has 3 rings (SSSR count). The Kier molecular flexibility index (Phi) is 7.05. The van der Waals surface area contributed by atoms with Gasteiger partial charge in [-0.2, -0.15) is 0 Å². The molecular weight excluding hydrogens is 402 g/mol. The fourth-order valence-corrected chi connectivity index (χ4v) is 3.16. The second-order valence-electron chi connectivity index (χ2n) is 5.58. The van der Waals surface area contributed by atoms with Crippen molar-refractivity contribution in [1.29, 1.82) is 0 Å². The van der Waals surface area contributed by atoms with E-state index in [9.17, 15) is 0 Å². The molecule has 0 spiro atoms. The van der Waals surface area contributed by atoms with Crippen molar-refractivity contribution in [3.05, 3.63) is 82.3 Å². The summed E-state index contributed by atoms with van der Waals surface area (Å²) in [5.74, 6) is 1.85. The van der Waals surface area contributed by atoms with Crippen LogP contribution >= 0.6 is 28.3 Å². The van der Waals surface area contributed by atoms with Gasteiger partial charge in [0, 0.05) is 36.0 Å². The summed E-state index contributed by atoms with van der Waals surface area (Å²) in [6, 6.07) is 16.4.